The van der Waals surface area contributed by atoms with Crippen LogP contribution >= 0.6 is 24.0 Å². The van der Waals surface area contributed by atoms with Gasteiger partial charge in [-0.3, -0.25) is 9.98 Å². The molecule has 27 heavy (non-hydrogen) atoms. The molecule has 2 heterocycles. The molecule has 1 aromatic carbocycles. The van der Waals surface area contributed by atoms with Crippen molar-refractivity contribution >= 4 is 35.6 Å². The standard InChI is InChI=1S/C21H29N5.HI/c1-3-22-21(24-13-11-19-9-6-7-12-23-19)25-14-15-26-17(2)16-18-8-4-5-10-20(18)26;/h4-10,12,17H,3,11,13-16H2,1-2H3,(H2,22,24,25);1H. The number of fused-ring (bicyclic) bond motifs is 1. The zero-order chi connectivity index (χ0) is 18.2. The van der Waals surface area contributed by atoms with Crippen LogP contribution < -0.4 is 15.5 Å². The Hall–Kier alpha value is -1.83. The molecule has 1 aliphatic rings. The average molecular weight is 479 g/mol. The van der Waals surface area contributed by atoms with Crippen LogP contribution in [0.5, 0.6) is 0 Å². The fourth-order valence-corrected chi connectivity index (χ4v) is 3.44. The monoisotopic (exact) mass is 479 g/mol. The summed E-state index contributed by atoms with van der Waals surface area (Å²) in [6.07, 6.45) is 3.82. The number of aliphatic imine (C=N–C) groups is 1. The van der Waals surface area contributed by atoms with Crippen molar-refractivity contribution in [2.24, 2.45) is 4.99 Å². The highest BCUT2D eigenvalue weighted by Gasteiger charge is 2.24. The van der Waals surface area contributed by atoms with Crippen LogP contribution in [0, 0.1) is 0 Å². The van der Waals surface area contributed by atoms with E-state index >= 15 is 0 Å². The highest BCUT2D eigenvalue weighted by Crippen LogP contribution is 2.31. The highest BCUT2D eigenvalue weighted by molar-refractivity contribution is 14.0. The molecule has 1 atom stereocenters. The molecule has 0 aliphatic carbocycles. The number of aromatic nitrogens is 1. The lowest BCUT2D eigenvalue weighted by atomic mass is 10.1. The Balaban J connectivity index is 0.00000261. The molecule has 5 nitrogen and oxygen atoms in total. The van der Waals surface area contributed by atoms with Crippen molar-refractivity contribution in [2.75, 3.05) is 31.1 Å². The molecular weight excluding hydrogens is 449 g/mol. The maximum absolute atomic E-state index is 4.67. The summed E-state index contributed by atoms with van der Waals surface area (Å²) < 4.78 is 0. The van der Waals surface area contributed by atoms with Crippen LogP contribution in [-0.4, -0.2) is 43.2 Å². The van der Waals surface area contributed by atoms with Crippen LogP contribution in [0.15, 0.2) is 53.7 Å². The number of guanidine groups is 1. The Morgan fingerprint density at radius 2 is 2.00 bits per heavy atom. The van der Waals surface area contributed by atoms with Gasteiger partial charge in [0.2, 0.25) is 0 Å². The summed E-state index contributed by atoms with van der Waals surface area (Å²) in [7, 11) is 0. The largest absolute Gasteiger partial charge is 0.367 e. The van der Waals surface area contributed by atoms with Crippen LogP contribution in [0.3, 0.4) is 0 Å². The number of rotatable bonds is 7. The van der Waals surface area contributed by atoms with E-state index in [4.69, 9.17) is 0 Å². The van der Waals surface area contributed by atoms with Gasteiger partial charge in [-0.2, -0.15) is 0 Å². The Kier molecular flexibility index (Phi) is 8.84. The minimum Gasteiger partial charge on any atom is -0.367 e. The van der Waals surface area contributed by atoms with Gasteiger partial charge in [-0.1, -0.05) is 24.3 Å². The number of nitrogens with one attached hydrogen (secondary N) is 2. The van der Waals surface area contributed by atoms with Gasteiger partial charge >= 0.3 is 0 Å². The lowest BCUT2D eigenvalue weighted by Gasteiger charge is -2.25. The highest BCUT2D eigenvalue weighted by atomic mass is 127. The lowest BCUT2D eigenvalue weighted by molar-refractivity contribution is 0.656. The average Bonchev–Trinajstić information content (AvgIpc) is 2.98. The van der Waals surface area contributed by atoms with Gasteiger partial charge < -0.3 is 15.5 Å². The van der Waals surface area contributed by atoms with Gasteiger partial charge in [0.15, 0.2) is 5.96 Å². The second-order valence-corrected chi connectivity index (χ2v) is 6.63. The Labute approximate surface area is 179 Å². The van der Waals surface area contributed by atoms with Gasteiger partial charge in [0.05, 0.1) is 0 Å². The van der Waals surface area contributed by atoms with E-state index in [1.807, 2.05) is 24.4 Å². The van der Waals surface area contributed by atoms with Crippen LogP contribution in [0.1, 0.15) is 25.1 Å². The SMILES string of the molecule is CCNC(=NCCc1ccccn1)NCCN1c2ccccc2CC1C.I. The summed E-state index contributed by atoms with van der Waals surface area (Å²) in [5.74, 6) is 0.878. The van der Waals surface area contributed by atoms with Gasteiger partial charge in [0.25, 0.3) is 0 Å². The molecular formula is C21H30IN5. The smallest absolute Gasteiger partial charge is 0.191 e. The quantitative estimate of drug-likeness (QED) is 0.364. The van der Waals surface area contributed by atoms with Crippen LogP contribution in [0.25, 0.3) is 0 Å². The van der Waals surface area contributed by atoms with E-state index in [0.29, 0.717) is 6.04 Å². The van der Waals surface area contributed by atoms with Gasteiger partial charge in [-0.15, -0.1) is 24.0 Å². The van der Waals surface area contributed by atoms with Gasteiger partial charge in [0.1, 0.15) is 0 Å². The van der Waals surface area contributed by atoms with Crippen molar-refractivity contribution in [1.82, 2.24) is 15.6 Å². The Morgan fingerprint density at radius 1 is 1.19 bits per heavy atom. The van der Waals surface area contributed by atoms with Crippen LogP contribution in [0.4, 0.5) is 5.69 Å². The predicted octanol–water partition coefficient (Wildman–Crippen LogP) is 3.25. The molecule has 1 aliphatic heterocycles. The number of hydrogen-bond acceptors (Lipinski definition) is 3. The zero-order valence-corrected chi connectivity index (χ0v) is 18.5. The molecule has 1 unspecified atom stereocenters. The fourth-order valence-electron chi connectivity index (χ4n) is 3.44. The molecule has 2 N–H and O–H groups in total. The maximum Gasteiger partial charge on any atom is 0.191 e. The molecule has 0 radical (unpaired) electrons. The molecule has 0 amide bonds. The third-order valence-electron chi connectivity index (χ3n) is 4.70. The van der Waals surface area contributed by atoms with Gasteiger partial charge in [0, 0.05) is 56.2 Å². The molecule has 6 heteroatoms. The third kappa shape index (κ3) is 6.09. The number of nitrogens with zero attached hydrogens (tertiary/aromatic N) is 3. The summed E-state index contributed by atoms with van der Waals surface area (Å²) in [5.41, 5.74) is 3.91. The molecule has 1 aromatic heterocycles. The maximum atomic E-state index is 4.67. The van der Waals surface area contributed by atoms with Crippen LogP contribution in [-0.2, 0) is 12.8 Å². The zero-order valence-electron chi connectivity index (χ0n) is 16.2. The van der Waals surface area contributed by atoms with E-state index in [2.05, 4.69) is 63.6 Å². The van der Waals surface area contributed by atoms with Gasteiger partial charge in [-0.05, 0) is 44.0 Å². The molecule has 0 fully saturated rings. The summed E-state index contributed by atoms with van der Waals surface area (Å²) >= 11 is 0. The van der Waals surface area contributed by atoms with E-state index in [-0.39, 0.29) is 24.0 Å². The van der Waals surface area contributed by atoms with Gasteiger partial charge in [-0.25, -0.2) is 0 Å². The first kappa shape index (κ1) is 21.5. The van der Waals surface area contributed by atoms with E-state index in [1.165, 1.54) is 11.3 Å². The molecule has 0 bridgehead atoms. The van der Waals surface area contributed by atoms with E-state index in [0.717, 1.165) is 50.7 Å². The minimum atomic E-state index is 0. The van der Waals surface area contributed by atoms with E-state index in [1.54, 1.807) is 0 Å². The predicted molar refractivity (Wildman–Crippen MR) is 124 cm³/mol. The van der Waals surface area contributed by atoms with Crippen molar-refractivity contribution in [2.45, 2.75) is 32.7 Å². The molecule has 0 saturated heterocycles. The van der Waals surface area contributed by atoms with E-state index in [9.17, 15) is 0 Å². The first-order valence-corrected chi connectivity index (χ1v) is 9.54. The Bertz CT molecular complexity index is 720. The number of halogens is 1. The molecule has 0 saturated carbocycles. The third-order valence-corrected chi connectivity index (χ3v) is 4.70. The summed E-state index contributed by atoms with van der Waals surface area (Å²) in [6, 6.07) is 15.3. The Morgan fingerprint density at radius 3 is 2.78 bits per heavy atom. The number of hydrogen-bond donors (Lipinski definition) is 2. The molecule has 2 aromatic rings. The first-order valence-electron chi connectivity index (χ1n) is 9.54. The minimum absolute atomic E-state index is 0. The second-order valence-electron chi connectivity index (χ2n) is 6.63. The second kappa shape index (κ2) is 11.1. The normalized spacial score (nSPS) is 15.9. The van der Waals surface area contributed by atoms with Crippen molar-refractivity contribution in [3.05, 3.63) is 59.9 Å². The van der Waals surface area contributed by atoms with Crippen molar-refractivity contribution in [3.8, 4) is 0 Å². The first-order chi connectivity index (χ1) is 12.8. The lowest BCUT2D eigenvalue weighted by Crippen LogP contribution is -2.43. The number of pyridine rings is 1. The topological polar surface area (TPSA) is 52.6 Å². The van der Waals surface area contributed by atoms with Crippen LogP contribution in [0.2, 0.25) is 0 Å². The molecule has 146 valence electrons. The molecule has 0 spiro atoms. The summed E-state index contributed by atoms with van der Waals surface area (Å²) in [4.78, 5) is 11.5. The van der Waals surface area contributed by atoms with Crippen molar-refractivity contribution in [3.63, 3.8) is 0 Å². The number of para-hydroxylation sites is 1. The van der Waals surface area contributed by atoms with Crippen molar-refractivity contribution in [1.29, 1.82) is 0 Å². The summed E-state index contributed by atoms with van der Waals surface area (Å²) in [5, 5.41) is 6.79. The van der Waals surface area contributed by atoms with Crippen molar-refractivity contribution < 1.29 is 0 Å². The molecule has 3 rings (SSSR count). The fraction of sp³-hybridized carbons (Fsp3) is 0.429. The summed E-state index contributed by atoms with van der Waals surface area (Å²) in [6.45, 7) is 7.82. The van der Waals surface area contributed by atoms with E-state index < -0.39 is 0 Å². The number of anilines is 1. The number of benzene rings is 1.